The van der Waals surface area contributed by atoms with E-state index in [-0.39, 0.29) is 11.9 Å². The van der Waals surface area contributed by atoms with E-state index in [4.69, 9.17) is 9.47 Å². The monoisotopic (exact) mass is 255 g/mol. The summed E-state index contributed by atoms with van der Waals surface area (Å²) in [6.45, 7) is 6.04. The molecule has 5 heteroatoms. The number of nitrogens with zero attached hydrogens (tertiary/aromatic N) is 1. The number of carbonyl (C=O) groups is 2. The van der Waals surface area contributed by atoms with E-state index in [9.17, 15) is 9.59 Å². The van der Waals surface area contributed by atoms with Crippen molar-refractivity contribution in [1.29, 1.82) is 0 Å². The SMILES string of the molecule is COC(=O)C1C2CC2CCN1C(=O)OC(C)(C)C. The molecule has 102 valence electrons. The zero-order valence-corrected chi connectivity index (χ0v) is 11.4. The molecule has 1 saturated heterocycles. The summed E-state index contributed by atoms with van der Waals surface area (Å²) in [5.74, 6) is 0.513. The molecule has 2 aliphatic rings. The van der Waals surface area contributed by atoms with Gasteiger partial charge < -0.3 is 9.47 Å². The minimum absolute atomic E-state index is 0.263. The number of likely N-dealkylation sites (tertiary alicyclic amines) is 1. The molecule has 0 aromatic heterocycles. The Labute approximate surface area is 107 Å². The van der Waals surface area contributed by atoms with Crippen LogP contribution < -0.4 is 0 Å². The van der Waals surface area contributed by atoms with Crippen LogP contribution in [0.3, 0.4) is 0 Å². The Bertz CT molecular complexity index is 360. The molecule has 0 radical (unpaired) electrons. The van der Waals surface area contributed by atoms with Crippen LogP contribution in [0.2, 0.25) is 0 Å². The third-order valence-electron chi connectivity index (χ3n) is 3.53. The highest BCUT2D eigenvalue weighted by Crippen LogP contribution is 2.49. The van der Waals surface area contributed by atoms with Crippen LogP contribution >= 0.6 is 0 Å². The predicted octanol–water partition coefficient (Wildman–Crippen LogP) is 1.80. The van der Waals surface area contributed by atoms with Gasteiger partial charge >= 0.3 is 12.1 Å². The van der Waals surface area contributed by atoms with Crippen LogP contribution in [0.1, 0.15) is 33.6 Å². The Kier molecular flexibility index (Phi) is 3.25. The second kappa shape index (κ2) is 4.44. The maximum Gasteiger partial charge on any atom is 0.411 e. The van der Waals surface area contributed by atoms with E-state index in [0.29, 0.717) is 12.5 Å². The largest absolute Gasteiger partial charge is 0.467 e. The number of hydrogen-bond donors (Lipinski definition) is 0. The molecule has 1 aliphatic heterocycles. The Hall–Kier alpha value is -1.26. The Morgan fingerprint density at radius 2 is 1.94 bits per heavy atom. The lowest BCUT2D eigenvalue weighted by Gasteiger charge is -2.34. The highest BCUT2D eigenvalue weighted by Gasteiger charge is 2.54. The molecule has 2 fully saturated rings. The van der Waals surface area contributed by atoms with E-state index < -0.39 is 17.7 Å². The summed E-state index contributed by atoms with van der Waals surface area (Å²) < 4.78 is 10.2. The van der Waals surface area contributed by atoms with Gasteiger partial charge in [0, 0.05) is 6.54 Å². The van der Waals surface area contributed by atoms with Gasteiger partial charge in [0.25, 0.3) is 0 Å². The number of fused-ring (bicyclic) bond motifs is 1. The van der Waals surface area contributed by atoms with E-state index in [1.54, 1.807) is 0 Å². The quantitative estimate of drug-likeness (QED) is 0.670. The molecule has 5 nitrogen and oxygen atoms in total. The highest BCUT2D eigenvalue weighted by atomic mass is 16.6. The second-order valence-corrected chi connectivity index (χ2v) is 6.09. The standard InChI is InChI=1S/C13H21NO4/c1-13(2,3)18-12(16)14-6-5-8-7-9(8)10(14)11(15)17-4/h8-10H,5-7H2,1-4H3. The van der Waals surface area contributed by atoms with Crippen molar-refractivity contribution in [3.05, 3.63) is 0 Å². The first-order chi connectivity index (χ1) is 8.33. The fourth-order valence-corrected chi connectivity index (χ4v) is 2.61. The van der Waals surface area contributed by atoms with Gasteiger partial charge in [-0.05, 0) is 45.4 Å². The minimum Gasteiger partial charge on any atom is -0.467 e. The van der Waals surface area contributed by atoms with Crippen molar-refractivity contribution in [2.45, 2.75) is 45.3 Å². The summed E-state index contributed by atoms with van der Waals surface area (Å²) in [6, 6.07) is -0.455. The van der Waals surface area contributed by atoms with Gasteiger partial charge in [-0.3, -0.25) is 4.90 Å². The van der Waals surface area contributed by atoms with E-state index in [2.05, 4.69) is 0 Å². The Morgan fingerprint density at radius 3 is 2.50 bits per heavy atom. The summed E-state index contributed by atoms with van der Waals surface area (Å²) in [5, 5.41) is 0. The summed E-state index contributed by atoms with van der Waals surface area (Å²) in [5.41, 5.74) is -0.543. The van der Waals surface area contributed by atoms with Gasteiger partial charge in [0.05, 0.1) is 7.11 Å². The lowest BCUT2D eigenvalue weighted by atomic mass is 10.0. The number of ether oxygens (including phenoxy) is 2. The van der Waals surface area contributed by atoms with Gasteiger partial charge in [-0.1, -0.05) is 0 Å². The van der Waals surface area contributed by atoms with Crippen LogP contribution in [-0.4, -0.2) is 42.3 Å². The smallest absolute Gasteiger partial charge is 0.411 e. The van der Waals surface area contributed by atoms with E-state index in [1.807, 2.05) is 20.8 Å². The van der Waals surface area contributed by atoms with Crippen LogP contribution in [0.25, 0.3) is 0 Å². The van der Waals surface area contributed by atoms with Crippen molar-refractivity contribution >= 4 is 12.1 Å². The molecule has 0 aromatic rings. The van der Waals surface area contributed by atoms with Crippen molar-refractivity contribution in [3.8, 4) is 0 Å². The maximum absolute atomic E-state index is 12.1. The molecule has 2 rings (SSSR count). The van der Waals surface area contributed by atoms with E-state index in [0.717, 1.165) is 12.8 Å². The number of hydrogen-bond acceptors (Lipinski definition) is 4. The number of carbonyl (C=O) groups excluding carboxylic acids is 2. The molecule has 0 bridgehead atoms. The van der Waals surface area contributed by atoms with Gasteiger partial charge in [-0.15, -0.1) is 0 Å². The first-order valence-corrected chi connectivity index (χ1v) is 6.41. The summed E-state index contributed by atoms with van der Waals surface area (Å²) in [6.07, 6.45) is 1.56. The maximum atomic E-state index is 12.1. The van der Waals surface area contributed by atoms with Gasteiger partial charge in [-0.2, -0.15) is 0 Å². The first-order valence-electron chi connectivity index (χ1n) is 6.41. The Balaban J connectivity index is 2.09. The summed E-state index contributed by atoms with van der Waals surface area (Å²) >= 11 is 0. The van der Waals surface area contributed by atoms with Crippen molar-refractivity contribution in [2.75, 3.05) is 13.7 Å². The first kappa shape index (κ1) is 13.2. The van der Waals surface area contributed by atoms with Crippen LogP contribution in [0.4, 0.5) is 4.79 Å². The Morgan fingerprint density at radius 1 is 1.28 bits per heavy atom. The van der Waals surface area contributed by atoms with Gasteiger partial charge in [-0.25, -0.2) is 9.59 Å². The third-order valence-corrected chi connectivity index (χ3v) is 3.53. The molecule has 1 amide bonds. The van der Waals surface area contributed by atoms with Crippen molar-refractivity contribution in [3.63, 3.8) is 0 Å². The van der Waals surface area contributed by atoms with Crippen LogP contribution in [-0.2, 0) is 14.3 Å². The number of esters is 1. The zero-order valence-electron chi connectivity index (χ0n) is 11.4. The number of methoxy groups -OCH3 is 1. The molecule has 3 atom stereocenters. The number of amides is 1. The number of rotatable bonds is 1. The molecule has 0 spiro atoms. The summed E-state index contributed by atoms with van der Waals surface area (Å²) in [4.78, 5) is 25.5. The van der Waals surface area contributed by atoms with Crippen LogP contribution in [0.5, 0.6) is 0 Å². The normalized spacial score (nSPS) is 30.4. The molecular formula is C13H21NO4. The predicted molar refractivity (Wildman–Crippen MR) is 65.0 cm³/mol. The molecule has 1 saturated carbocycles. The topological polar surface area (TPSA) is 55.8 Å². The van der Waals surface area contributed by atoms with Gasteiger partial charge in [0.1, 0.15) is 11.6 Å². The average molecular weight is 255 g/mol. The summed E-state index contributed by atoms with van der Waals surface area (Å²) in [7, 11) is 1.36. The molecule has 3 unspecified atom stereocenters. The van der Waals surface area contributed by atoms with Crippen LogP contribution in [0, 0.1) is 11.8 Å². The van der Waals surface area contributed by atoms with Gasteiger partial charge in [0.15, 0.2) is 0 Å². The number of piperidine rings is 1. The molecule has 1 heterocycles. The molecule has 1 aliphatic carbocycles. The molecule has 0 N–H and O–H groups in total. The molecule has 0 aromatic carbocycles. The lowest BCUT2D eigenvalue weighted by Crippen LogP contribution is -2.51. The zero-order chi connectivity index (χ0) is 13.5. The van der Waals surface area contributed by atoms with Crippen molar-refractivity contribution in [2.24, 2.45) is 11.8 Å². The van der Waals surface area contributed by atoms with Crippen molar-refractivity contribution in [1.82, 2.24) is 4.90 Å². The second-order valence-electron chi connectivity index (χ2n) is 6.09. The fourth-order valence-electron chi connectivity index (χ4n) is 2.61. The molecular weight excluding hydrogens is 234 g/mol. The third kappa shape index (κ3) is 2.60. The fraction of sp³-hybridized carbons (Fsp3) is 0.846. The highest BCUT2D eigenvalue weighted by molar-refractivity contribution is 5.82. The van der Waals surface area contributed by atoms with Crippen molar-refractivity contribution < 1.29 is 19.1 Å². The lowest BCUT2D eigenvalue weighted by molar-refractivity contribution is -0.148. The van der Waals surface area contributed by atoms with E-state index in [1.165, 1.54) is 12.0 Å². The molecule has 18 heavy (non-hydrogen) atoms. The van der Waals surface area contributed by atoms with Crippen LogP contribution in [0.15, 0.2) is 0 Å². The van der Waals surface area contributed by atoms with Gasteiger partial charge in [0.2, 0.25) is 0 Å². The minimum atomic E-state index is -0.543. The average Bonchev–Trinajstić information content (AvgIpc) is 3.02. The van der Waals surface area contributed by atoms with E-state index >= 15 is 0 Å².